The molecule has 0 aliphatic carbocycles. The molecule has 1 fully saturated rings. The second-order valence-corrected chi connectivity index (χ2v) is 7.60. The zero-order chi connectivity index (χ0) is 14.0. The van der Waals surface area contributed by atoms with Crippen LogP contribution in [-0.2, 0) is 16.3 Å². The van der Waals surface area contributed by atoms with E-state index in [4.69, 9.17) is 11.6 Å². The number of aliphatic hydroxyl groups excluding tert-OH is 1. The summed E-state index contributed by atoms with van der Waals surface area (Å²) in [7, 11) is -3.25. The summed E-state index contributed by atoms with van der Waals surface area (Å²) in [5, 5.41) is 9.31. The van der Waals surface area contributed by atoms with E-state index in [1.807, 2.05) is 0 Å². The number of hydrogen-bond donors (Lipinski definition) is 1. The summed E-state index contributed by atoms with van der Waals surface area (Å²) in [5.74, 6) is -0.441. The van der Waals surface area contributed by atoms with Gasteiger partial charge in [-0.2, -0.15) is 0 Å². The summed E-state index contributed by atoms with van der Waals surface area (Å²) < 4.78 is 37.1. The quantitative estimate of drug-likeness (QED) is 0.932. The molecule has 2 rings (SSSR count). The summed E-state index contributed by atoms with van der Waals surface area (Å²) in [4.78, 5) is 0. The Hall–Kier alpha value is -0.650. The first-order chi connectivity index (χ1) is 8.92. The van der Waals surface area contributed by atoms with Gasteiger partial charge in [-0.05, 0) is 24.5 Å². The van der Waals surface area contributed by atoms with E-state index in [0.717, 1.165) is 6.42 Å². The molecule has 1 aromatic carbocycles. The average Bonchev–Trinajstić information content (AvgIpc) is 2.34. The Morgan fingerprint density at radius 2 is 2.16 bits per heavy atom. The van der Waals surface area contributed by atoms with Crippen molar-refractivity contribution in [2.75, 3.05) is 5.75 Å². The predicted octanol–water partition coefficient (Wildman–Crippen LogP) is 2.35. The van der Waals surface area contributed by atoms with Gasteiger partial charge in [0.15, 0.2) is 9.84 Å². The van der Waals surface area contributed by atoms with Crippen LogP contribution in [0.5, 0.6) is 0 Å². The largest absolute Gasteiger partial charge is 0.391 e. The van der Waals surface area contributed by atoms with Crippen LogP contribution in [0.25, 0.3) is 0 Å². The molecule has 19 heavy (non-hydrogen) atoms. The molecule has 0 radical (unpaired) electrons. The molecule has 1 saturated heterocycles. The Labute approximate surface area is 117 Å². The highest BCUT2D eigenvalue weighted by atomic mass is 35.5. The van der Waals surface area contributed by atoms with Crippen LogP contribution < -0.4 is 0 Å². The van der Waals surface area contributed by atoms with Gasteiger partial charge in [0.1, 0.15) is 5.82 Å². The van der Waals surface area contributed by atoms with E-state index in [0.29, 0.717) is 18.4 Å². The van der Waals surface area contributed by atoms with Crippen molar-refractivity contribution < 1.29 is 17.9 Å². The van der Waals surface area contributed by atoms with Crippen molar-refractivity contribution in [3.05, 3.63) is 34.6 Å². The maximum absolute atomic E-state index is 13.3. The van der Waals surface area contributed by atoms with Crippen LogP contribution in [0.4, 0.5) is 4.39 Å². The fraction of sp³-hybridized carbons (Fsp3) is 0.538. The van der Waals surface area contributed by atoms with Crippen LogP contribution in [0.1, 0.15) is 24.8 Å². The molecular formula is C13H16ClFO3S. The van der Waals surface area contributed by atoms with Gasteiger partial charge >= 0.3 is 0 Å². The summed E-state index contributed by atoms with van der Waals surface area (Å²) >= 11 is 5.81. The molecule has 106 valence electrons. The standard InChI is InChI=1S/C13H16ClFO3S/c14-13-9(4-3-5-10(13)15)8-11(16)12-6-1-2-7-19(12,17)18/h3-5,11-12,16H,1-2,6-8H2. The van der Waals surface area contributed by atoms with Gasteiger partial charge < -0.3 is 5.11 Å². The lowest BCUT2D eigenvalue weighted by Crippen LogP contribution is -2.39. The summed E-state index contributed by atoms with van der Waals surface area (Å²) in [6.07, 6.45) is 0.908. The molecule has 1 aliphatic rings. The topological polar surface area (TPSA) is 54.4 Å². The summed E-state index contributed by atoms with van der Waals surface area (Å²) in [6, 6.07) is 4.33. The number of hydrogen-bond acceptors (Lipinski definition) is 3. The molecule has 2 atom stereocenters. The molecule has 1 heterocycles. The van der Waals surface area contributed by atoms with E-state index >= 15 is 0 Å². The normalized spacial score (nSPS) is 24.1. The maximum Gasteiger partial charge on any atom is 0.155 e. The van der Waals surface area contributed by atoms with Crippen molar-refractivity contribution in [1.82, 2.24) is 0 Å². The molecular weight excluding hydrogens is 291 g/mol. The first-order valence-corrected chi connectivity index (χ1v) is 8.33. The Morgan fingerprint density at radius 3 is 2.84 bits per heavy atom. The van der Waals surface area contributed by atoms with Gasteiger partial charge in [0.05, 0.1) is 22.1 Å². The van der Waals surface area contributed by atoms with Gasteiger partial charge in [-0.15, -0.1) is 0 Å². The number of halogens is 2. The van der Waals surface area contributed by atoms with Gasteiger partial charge in [-0.1, -0.05) is 30.2 Å². The lowest BCUT2D eigenvalue weighted by atomic mass is 10.0. The third-order valence-electron chi connectivity index (χ3n) is 3.52. The van der Waals surface area contributed by atoms with E-state index in [2.05, 4.69) is 0 Å². The zero-order valence-electron chi connectivity index (χ0n) is 10.4. The highest BCUT2D eigenvalue weighted by Gasteiger charge is 2.34. The van der Waals surface area contributed by atoms with Crippen molar-refractivity contribution in [1.29, 1.82) is 0 Å². The SMILES string of the molecule is O=S1(=O)CCCCC1C(O)Cc1cccc(F)c1Cl. The maximum atomic E-state index is 13.3. The number of rotatable bonds is 3. The van der Waals surface area contributed by atoms with Gasteiger partial charge in [-0.3, -0.25) is 0 Å². The van der Waals surface area contributed by atoms with E-state index in [-0.39, 0.29) is 17.2 Å². The molecule has 3 nitrogen and oxygen atoms in total. The van der Waals surface area contributed by atoms with Crippen LogP contribution in [0.3, 0.4) is 0 Å². The molecule has 1 N–H and O–H groups in total. The first-order valence-electron chi connectivity index (χ1n) is 6.24. The third-order valence-corrected chi connectivity index (χ3v) is 6.27. The van der Waals surface area contributed by atoms with E-state index < -0.39 is 27.0 Å². The van der Waals surface area contributed by atoms with Crippen LogP contribution in [0.2, 0.25) is 5.02 Å². The highest BCUT2D eigenvalue weighted by Crippen LogP contribution is 2.27. The van der Waals surface area contributed by atoms with E-state index in [9.17, 15) is 17.9 Å². The Kier molecular flexibility index (Phi) is 4.48. The Balaban J connectivity index is 2.16. The highest BCUT2D eigenvalue weighted by molar-refractivity contribution is 7.92. The van der Waals surface area contributed by atoms with Crippen molar-refractivity contribution in [3.63, 3.8) is 0 Å². The second-order valence-electron chi connectivity index (χ2n) is 4.89. The molecule has 6 heteroatoms. The fourth-order valence-corrected chi connectivity index (χ4v) is 4.69. The molecule has 1 aliphatic heterocycles. The third kappa shape index (κ3) is 3.27. The van der Waals surface area contributed by atoms with Crippen molar-refractivity contribution in [2.24, 2.45) is 0 Å². The first kappa shape index (κ1) is 14.8. The van der Waals surface area contributed by atoms with Crippen LogP contribution in [0, 0.1) is 5.82 Å². The van der Waals surface area contributed by atoms with Crippen LogP contribution in [-0.4, -0.2) is 30.6 Å². The number of aliphatic hydroxyl groups is 1. The van der Waals surface area contributed by atoms with Crippen molar-refractivity contribution in [2.45, 2.75) is 37.0 Å². The van der Waals surface area contributed by atoms with E-state index in [1.165, 1.54) is 12.1 Å². The van der Waals surface area contributed by atoms with Gasteiger partial charge in [0.2, 0.25) is 0 Å². The van der Waals surface area contributed by atoms with Crippen LogP contribution in [0.15, 0.2) is 18.2 Å². The Bertz CT molecular complexity index is 559. The van der Waals surface area contributed by atoms with Gasteiger partial charge in [0, 0.05) is 6.42 Å². The number of sulfone groups is 1. The summed E-state index contributed by atoms with van der Waals surface area (Å²) in [5.41, 5.74) is 0.440. The molecule has 0 saturated carbocycles. The second kappa shape index (κ2) is 5.77. The van der Waals surface area contributed by atoms with Gasteiger partial charge in [0.25, 0.3) is 0 Å². The smallest absolute Gasteiger partial charge is 0.155 e. The zero-order valence-corrected chi connectivity index (χ0v) is 11.9. The van der Waals surface area contributed by atoms with E-state index in [1.54, 1.807) is 6.07 Å². The van der Waals surface area contributed by atoms with Gasteiger partial charge in [-0.25, -0.2) is 12.8 Å². The Morgan fingerprint density at radius 1 is 1.42 bits per heavy atom. The predicted molar refractivity (Wildman–Crippen MR) is 72.5 cm³/mol. The minimum atomic E-state index is -3.25. The fourth-order valence-electron chi connectivity index (χ4n) is 2.47. The molecule has 0 spiro atoms. The average molecular weight is 307 g/mol. The molecule has 0 aromatic heterocycles. The minimum absolute atomic E-state index is 0.0465. The van der Waals surface area contributed by atoms with Crippen LogP contribution >= 0.6 is 11.6 Å². The van der Waals surface area contributed by atoms with Crippen molar-refractivity contribution in [3.8, 4) is 0 Å². The lowest BCUT2D eigenvalue weighted by Gasteiger charge is -2.26. The molecule has 0 amide bonds. The monoisotopic (exact) mass is 306 g/mol. The minimum Gasteiger partial charge on any atom is -0.391 e. The number of benzene rings is 1. The molecule has 1 aromatic rings. The van der Waals surface area contributed by atoms with Crippen molar-refractivity contribution >= 4 is 21.4 Å². The summed E-state index contributed by atoms with van der Waals surface area (Å²) in [6.45, 7) is 0. The molecule has 2 unspecified atom stereocenters. The molecule has 0 bridgehead atoms. The lowest BCUT2D eigenvalue weighted by molar-refractivity contribution is 0.162.